The highest BCUT2D eigenvalue weighted by atomic mass is 16.6. The Balaban J connectivity index is 0.00000411. The van der Waals surface area contributed by atoms with Crippen molar-refractivity contribution in [2.75, 3.05) is 99.5 Å². The van der Waals surface area contributed by atoms with Gasteiger partial charge >= 0.3 is 0 Å². The van der Waals surface area contributed by atoms with Crippen molar-refractivity contribution < 1.29 is 42.7 Å². The SMILES string of the molecule is C=O.COCCOCCOCCOCCOCCOCCCO[C@@H](CNC(C)C)COc1cccc2ccccc12. The number of nitrogens with one attached hydrogen (secondary N) is 1. The maximum atomic E-state index is 8.00. The molecule has 2 rings (SSSR count). The Hall–Kier alpha value is -2.15. The zero-order chi connectivity index (χ0) is 29.8. The monoisotopic (exact) mass is 581 g/mol. The third-order valence-corrected chi connectivity index (χ3v) is 5.63. The van der Waals surface area contributed by atoms with Crippen LogP contribution in [0.1, 0.15) is 20.3 Å². The summed E-state index contributed by atoms with van der Waals surface area (Å²) in [6.07, 6.45) is 0.766. The summed E-state index contributed by atoms with van der Waals surface area (Å²) in [5.74, 6) is 0.882. The van der Waals surface area contributed by atoms with Gasteiger partial charge in [0.05, 0.1) is 66.1 Å². The molecule has 0 aromatic heterocycles. The molecular formula is C31H51NO9. The van der Waals surface area contributed by atoms with Crippen LogP contribution in [0.3, 0.4) is 0 Å². The normalized spacial score (nSPS) is 11.9. The maximum absolute atomic E-state index is 8.00. The minimum Gasteiger partial charge on any atom is -0.490 e. The van der Waals surface area contributed by atoms with Crippen molar-refractivity contribution >= 4 is 17.6 Å². The third-order valence-electron chi connectivity index (χ3n) is 5.63. The van der Waals surface area contributed by atoms with E-state index in [2.05, 4.69) is 37.4 Å². The molecule has 0 heterocycles. The summed E-state index contributed by atoms with van der Waals surface area (Å²) >= 11 is 0. The van der Waals surface area contributed by atoms with Crippen molar-refractivity contribution in [3.63, 3.8) is 0 Å². The molecule has 10 heteroatoms. The first kappa shape index (κ1) is 36.9. The molecule has 234 valence electrons. The number of carbonyl (C=O) groups is 1. The quantitative estimate of drug-likeness (QED) is 0.166. The van der Waals surface area contributed by atoms with E-state index in [1.807, 2.05) is 31.1 Å². The standard InChI is InChI=1S/C30H49NO8.CH2O/c1-26(2)31-24-28(25-39-30-11-6-9-27-8-4-5-10-29(27)30)38-13-7-12-33-16-17-35-20-21-37-23-22-36-19-18-34-15-14-32-3;1-2/h4-6,8-11,26,28,31H,7,12-25H2,1-3H3;1H2/t28-;/m0./s1. The van der Waals surface area contributed by atoms with Crippen molar-refractivity contribution in [2.45, 2.75) is 32.4 Å². The summed E-state index contributed by atoms with van der Waals surface area (Å²) in [5.41, 5.74) is 0. The second kappa shape index (κ2) is 26.7. The van der Waals surface area contributed by atoms with Gasteiger partial charge in [-0.05, 0) is 17.9 Å². The lowest BCUT2D eigenvalue weighted by atomic mass is 10.1. The Labute approximate surface area is 245 Å². The van der Waals surface area contributed by atoms with Crippen molar-refractivity contribution in [1.29, 1.82) is 0 Å². The Morgan fingerprint density at radius 1 is 0.683 bits per heavy atom. The van der Waals surface area contributed by atoms with E-state index < -0.39 is 0 Å². The zero-order valence-corrected chi connectivity index (χ0v) is 25.2. The van der Waals surface area contributed by atoms with Crippen LogP contribution in [0.2, 0.25) is 0 Å². The third kappa shape index (κ3) is 19.6. The fourth-order valence-electron chi connectivity index (χ4n) is 3.57. The molecule has 0 aliphatic rings. The van der Waals surface area contributed by atoms with Crippen LogP contribution in [0.15, 0.2) is 42.5 Å². The van der Waals surface area contributed by atoms with Gasteiger partial charge in [0.1, 0.15) is 25.2 Å². The molecule has 0 aliphatic carbocycles. The number of hydrogen-bond acceptors (Lipinski definition) is 10. The minimum atomic E-state index is -0.0469. The lowest BCUT2D eigenvalue weighted by Gasteiger charge is -2.21. The van der Waals surface area contributed by atoms with Crippen LogP contribution in [0.4, 0.5) is 0 Å². The molecule has 41 heavy (non-hydrogen) atoms. The molecule has 0 radical (unpaired) electrons. The van der Waals surface area contributed by atoms with Crippen LogP contribution in [0.25, 0.3) is 10.8 Å². The summed E-state index contributed by atoms with van der Waals surface area (Å²) in [5, 5.41) is 5.73. The first-order chi connectivity index (χ1) is 20.2. The van der Waals surface area contributed by atoms with Gasteiger partial charge in [0.2, 0.25) is 0 Å². The molecule has 2 aromatic rings. The molecule has 0 saturated carbocycles. The molecule has 0 bridgehead atoms. The number of carbonyl (C=O) groups excluding carboxylic acids is 1. The second-order valence-corrected chi connectivity index (χ2v) is 9.25. The fourth-order valence-corrected chi connectivity index (χ4v) is 3.57. The average molecular weight is 582 g/mol. The minimum absolute atomic E-state index is 0.0469. The molecule has 2 aromatic carbocycles. The number of methoxy groups -OCH3 is 1. The van der Waals surface area contributed by atoms with Crippen molar-refractivity contribution in [3.05, 3.63) is 42.5 Å². The second-order valence-electron chi connectivity index (χ2n) is 9.25. The zero-order valence-electron chi connectivity index (χ0n) is 25.2. The van der Waals surface area contributed by atoms with Gasteiger partial charge in [-0.1, -0.05) is 50.2 Å². The summed E-state index contributed by atoms with van der Waals surface area (Å²) in [4.78, 5) is 8.00. The molecule has 0 saturated heterocycles. The highest BCUT2D eigenvalue weighted by Gasteiger charge is 2.12. The average Bonchev–Trinajstić information content (AvgIpc) is 3.00. The number of rotatable bonds is 26. The lowest BCUT2D eigenvalue weighted by molar-refractivity contribution is -0.0980. The van der Waals surface area contributed by atoms with E-state index in [1.165, 1.54) is 5.39 Å². The molecule has 0 spiro atoms. The molecule has 0 unspecified atom stereocenters. The van der Waals surface area contributed by atoms with Crippen LogP contribution in [-0.4, -0.2) is 118 Å². The van der Waals surface area contributed by atoms with Crippen molar-refractivity contribution in [1.82, 2.24) is 5.32 Å². The highest BCUT2D eigenvalue weighted by molar-refractivity contribution is 5.88. The number of benzene rings is 2. The molecule has 0 aliphatic heterocycles. The molecular weight excluding hydrogens is 530 g/mol. The summed E-state index contributed by atoms with van der Waals surface area (Å²) in [6.45, 7) is 14.3. The topological polar surface area (TPSA) is 103 Å². The van der Waals surface area contributed by atoms with Crippen molar-refractivity contribution in [2.24, 2.45) is 0 Å². The molecule has 1 N–H and O–H groups in total. The van der Waals surface area contributed by atoms with Crippen LogP contribution in [0.5, 0.6) is 5.75 Å². The van der Waals surface area contributed by atoms with Gasteiger partial charge < -0.3 is 48.0 Å². The number of fused-ring (bicyclic) bond motifs is 1. The van der Waals surface area contributed by atoms with E-state index in [0.717, 1.165) is 24.1 Å². The van der Waals surface area contributed by atoms with Gasteiger partial charge in [-0.3, -0.25) is 0 Å². The molecule has 0 fully saturated rings. The fraction of sp³-hybridized carbons (Fsp3) is 0.645. The molecule has 10 nitrogen and oxygen atoms in total. The van der Waals surface area contributed by atoms with E-state index >= 15 is 0 Å². The summed E-state index contributed by atoms with van der Waals surface area (Å²) in [6, 6.07) is 14.8. The first-order valence-electron chi connectivity index (χ1n) is 14.3. The Kier molecular flexibility index (Phi) is 24.0. The Morgan fingerprint density at radius 2 is 1.22 bits per heavy atom. The van der Waals surface area contributed by atoms with E-state index in [9.17, 15) is 0 Å². The predicted octanol–water partition coefficient (Wildman–Crippen LogP) is 3.54. The van der Waals surface area contributed by atoms with Gasteiger partial charge in [-0.15, -0.1) is 0 Å². The number of hydrogen-bond donors (Lipinski definition) is 1. The van der Waals surface area contributed by atoms with E-state index in [-0.39, 0.29) is 6.10 Å². The predicted molar refractivity (Wildman–Crippen MR) is 160 cm³/mol. The molecule has 1 atom stereocenters. The van der Waals surface area contributed by atoms with Gasteiger partial charge in [-0.25, -0.2) is 0 Å². The van der Waals surface area contributed by atoms with Crippen LogP contribution in [0, 0.1) is 0 Å². The van der Waals surface area contributed by atoms with Crippen LogP contribution >= 0.6 is 0 Å². The largest absolute Gasteiger partial charge is 0.490 e. The first-order valence-corrected chi connectivity index (χ1v) is 14.3. The van der Waals surface area contributed by atoms with E-state index in [0.29, 0.717) is 91.9 Å². The highest BCUT2D eigenvalue weighted by Crippen LogP contribution is 2.25. The summed E-state index contributed by atoms with van der Waals surface area (Å²) in [7, 11) is 1.65. The lowest BCUT2D eigenvalue weighted by Crippen LogP contribution is -2.37. The maximum Gasteiger partial charge on any atom is 0.127 e. The van der Waals surface area contributed by atoms with Crippen LogP contribution in [-0.2, 0) is 38.0 Å². The van der Waals surface area contributed by atoms with Crippen LogP contribution < -0.4 is 10.1 Å². The number of ether oxygens (including phenoxy) is 8. The Morgan fingerprint density at radius 3 is 1.80 bits per heavy atom. The van der Waals surface area contributed by atoms with Gasteiger partial charge in [-0.2, -0.15) is 0 Å². The van der Waals surface area contributed by atoms with Gasteiger partial charge in [0.25, 0.3) is 0 Å². The van der Waals surface area contributed by atoms with E-state index in [4.69, 9.17) is 42.7 Å². The molecule has 0 amide bonds. The van der Waals surface area contributed by atoms with Gasteiger partial charge in [0.15, 0.2) is 0 Å². The van der Waals surface area contributed by atoms with Gasteiger partial charge in [0, 0.05) is 38.3 Å². The van der Waals surface area contributed by atoms with Crippen molar-refractivity contribution in [3.8, 4) is 5.75 Å². The summed E-state index contributed by atoms with van der Waals surface area (Å²) < 4.78 is 44.6. The van der Waals surface area contributed by atoms with E-state index in [1.54, 1.807) is 7.11 Å². The Bertz CT molecular complexity index is 850. The smallest absolute Gasteiger partial charge is 0.127 e.